The van der Waals surface area contributed by atoms with Gasteiger partial charge in [0.15, 0.2) is 0 Å². The van der Waals surface area contributed by atoms with Crippen LogP contribution in [0.2, 0.25) is 5.02 Å². The first-order chi connectivity index (χ1) is 7.38. The molecule has 0 amide bonds. The third-order valence-electron chi connectivity index (χ3n) is 2.04. The maximum absolute atomic E-state index is 12.5. The van der Waals surface area contributed by atoms with Crippen LogP contribution in [-0.2, 0) is 6.18 Å². The number of alkyl halides is 3. The van der Waals surface area contributed by atoms with Crippen LogP contribution in [0.5, 0.6) is 0 Å². The van der Waals surface area contributed by atoms with E-state index in [0.29, 0.717) is 0 Å². The van der Waals surface area contributed by atoms with Gasteiger partial charge in [0.25, 0.3) is 0 Å². The summed E-state index contributed by atoms with van der Waals surface area (Å²) < 4.78 is 37.5. The number of benzene rings is 1. The Labute approximate surface area is 95.4 Å². The minimum Gasteiger partial charge on any atom is -0.323 e. The molecule has 6 heteroatoms. The molecular formula is C10H8ClF3N2. The summed E-state index contributed by atoms with van der Waals surface area (Å²) in [5, 5.41) is 7.99. The van der Waals surface area contributed by atoms with E-state index in [1.54, 1.807) is 6.07 Å². The first kappa shape index (κ1) is 12.8. The van der Waals surface area contributed by atoms with Crippen LogP contribution in [0.25, 0.3) is 0 Å². The summed E-state index contributed by atoms with van der Waals surface area (Å²) in [6, 6.07) is 4.47. The normalized spacial score (nSPS) is 13.2. The molecule has 1 aromatic rings. The average molecular weight is 249 g/mol. The molecule has 0 saturated heterocycles. The van der Waals surface area contributed by atoms with E-state index >= 15 is 0 Å². The second kappa shape index (κ2) is 4.73. The van der Waals surface area contributed by atoms with E-state index in [1.165, 1.54) is 12.1 Å². The molecule has 0 spiro atoms. The Hall–Kier alpha value is -1.25. The number of nitrogens with two attached hydrogens (primary N) is 1. The summed E-state index contributed by atoms with van der Waals surface area (Å²) in [6.07, 6.45) is -4.60. The fourth-order valence-electron chi connectivity index (χ4n) is 1.26. The van der Waals surface area contributed by atoms with Crippen molar-refractivity contribution in [3.05, 3.63) is 34.3 Å². The predicted molar refractivity (Wildman–Crippen MR) is 53.6 cm³/mol. The van der Waals surface area contributed by atoms with E-state index < -0.39 is 22.8 Å². The lowest BCUT2D eigenvalue weighted by atomic mass is 10.0. The second-order valence-corrected chi connectivity index (χ2v) is 3.55. The van der Waals surface area contributed by atoms with Crippen molar-refractivity contribution >= 4 is 11.6 Å². The Balaban J connectivity index is 3.20. The van der Waals surface area contributed by atoms with Crippen molar-refractivity contribution in [1.29, 1.82) is 5.26 Å². The quantitative estimate of drug-likeness (QED) is 0.873. The van der Waals surface area contributed by atoms with Crippen molar-refractivity contribution in [3.8, 4) is 6.07 Å². The van der Waals surface area contributed by atoms with Gasteiger partial charge in [-0.1, -0.05) is 23.7 Å². The number of nitriles is 1. The Bertz CT molecular complexity index is 423. The van der Waals surface area contributed by atoms with Crippen molar-refractivity contribution < 1.29 is 13.2 Å². The van der Waals surface area contributed by atoms with Gasteiger partial charge in [0.2, 0.25) is 0 Å². The highest BCUT2D eigenvalue weighted by molar-refractivity contribution is 6.32. The first-order valence-corrected chi connectivity index (χ1v) is 4.74. The van der Waals surface area contributed by atoms with Gasteiger partial charge in [-0.3, -0.25) is 0 Å². The molecule has 2 N–H and O–H groups in total. The summed E-state index contributed by atoms with van der Waals surface area (Å²) in [7, 11) is 0. The van der Waals surface area contributed by atoms with Crippen molar-refractivity contribution in [2.24, 2.45) is 5.73 Å². The van der Waals surface area contributed by atoms with Gasteiger partial charge in [0.05, 0.1) is 23.1 Å². The van der Waals surface area contributed by atoms with Crippen LogP contribution in [0, 0.1) is 11.3 Å². The fourth-order valence-corrected chi connectivity index (χ4v) is 1.64. The van der Waals surface area contributed by atoms with Gasteiger partial charge in [-0.05, 0) is 11.6 Å². The molecule has 0 aliphatic carbocycles. The van der Waals surface area contributed by atoms with Crippen molar-refractivity contribution in [2.75, 3.05) is 0 Å². The van der Waals surface area contributed by atoms with Gasteiger partial charge in [0.1, 0.15) is 0 Å². The molecule has 0 heterocycles. The zero-order chi connectivity index (χ0) is 12.3. The lowest BCUT2D eigenvalue weighted by molar-refractivity contribution is -0.137. The van der Waals surface area contributed by atoms with Gasteiger partial charge in [-0.2, -0.15) is 18.4 Å². The van der Waals surface area contributed by atoms with Gasteiger partial charge >= 0.3 is 6.18 Å². The van der Waals surface area contributed by atoms with Crippen LogP contribution in [0.15, 0.2) is 18.2 Å². The molecule has 0 bridgehead atoms. The minimum atomic E-state index is -4.51. The Morgan fingerprint density at radius 1 is 1.44 bits per heavy atom. The van der Waals surface area contributed by atoms with E-state index in [4.69, 9.17) is 22.6 Å². The number of halogens is 4. The van der Waals surface area contributed by atoms with Crippen LogP contribution in [0.3, 0.4) is 0 Å². The van der Waals surface area contributed by atoms with Crippen molar-refractivity contribution in [1.82, 2.24) is 0 Å². The zero-order valence-electron chi connectivity index (χ0n) is 8.05. The molecule has 16 heavy (non-hydrogen) atoms. The molecule has 0 fully saturated rings. The largest absolute Gasteiger partial charge is 0.417 e. The van der Waals surface area contributed by atoms with Crippen LogP contribution in [0.4, 0.5) is 13.2 Å². The SMILES string of the molecule is N#CC[C@H](N)c1cccc(C(F)(F)F)c1Cl. The monoisotopic (exact) mass is 248 g/mol. The number of hydrogen-bond donors (Lipinski definition) is 1. The Morgan fingerprint density at radius 3 is 2.56 bits per heavy atom. The van der Waals surface area contributed by atoms with E-state index in [2.05, 4.69) is 0 Å². The summed E-state index contributed by atoms with van der Waals surface area (Å²) in [5.74, 6) is 0. The highest BCUT2D eigenvalue weighted by Crippen LogP contribution is 2.37. The van der Waals surface area contributed by atoms with Crippen molar-refractivity contribution in [3.63, 3.8) is 0 Å². The van der Waals surface area contributed by atoms with E-state index in [9.17, 15) is 13.2 Å². The highest BCUT2D eigenvalue weighted by Gasteiger charge is 2.34. The topological polar surface area (TPSA) is 49.8 Å². The summed E-state index contributed by atoms with van der Waals surface area (Å²) in [5.41, 5.74) is 4.75. The molecule has 1 aromatic carbocycles. The number of nitrogens with zero attached hydrogens (tertiary/aromatic N) is 1. The minimum absolute atomic E-state index is 0.0823. The summed E-state index contributed by atoms with van der Waals surface area (Å²) in [6.45, 7) is 0. The second-order valence-electron chi connectivity index (χ2n) is 3.18. The van der Waals surface area contributed by atoms with Gasteiger partial charge < -0.3 is 5.73 Å². The van der Waals surface area contributed by atoms with E-state index in [-0.39, 0.29) is 12.0 Å². The predicted octanol–water partition coefficient (Wildman–Crippen LogP) is 3.27. The average Bonchev–Trinajstić information content (AvgIpc) is 2.16. The first-order valence-electron chi connectivity index (χ1n) is 4.36. The molecule has 0 saturated carbocycles. The van der Waals surface area contributed by atoms with E-state index in [1.807, 2.05) is 0 Å². The van der Waals surface area contributed by atoms with Crippen LogP contribution < -0.4 is 5.73 Å². The Kier molecular flexibility index (Phi) is 3.79. The number of rotatable bonds is 2. The third kappa shape index (κ3) is 2.65. The zero-order valence-corrected chi connectivity index (χ0v) is 8.81. The van der Waals surface area contributed by atoms with Crippen LogP contribution >= 0.6 is 11.6 Å². The Morgan fingerprint density at radius 2 is 2.06 bits per heavy atom. The van der Waals surface area contributed by atoms with Crippen LogP contribution in [-0.4, -0.2) is 0 Å². The molecule has 0 radical (unpaired) electrons. The highest BCUT2D eigenvalue weighted by atomic mass is 35.5. The number of hydrogen-bond acceptors (Lipinski definition) is 2. The van der Waals surface area contributed by atoms with Gasteiger partial charge in [-0.15, -0.1) is 0 Å². The lowest BCUT2D eigenvalue weighted by Crippen LogP contribution is -2.13. The van der Waals surface area contributed by atoms with Gasteiger partial charge in [0, 0.05) is 6.04 Å². The maximum Gasteiger partial charge on any atom is 0.417 e. The molecule has 0 aliphatic heterocycles. The molecule has 1 atom stereocenters. The molecule has 0 aliphatic rings. The standard InChI is InChI=1S/C10H8ClF3N2/c11-9-6(8(16)4-5-15)2-1-3-7(9)10(12,13)14/h1-3,8H,4,16H2/t8-/m0/s1. The molecular weight excluding hydrogens is 241 g/mol. The molecule has 0 unspecified atom stereocenters. The van der Waals surface area contributed by atoms with Crippen molar-refractivity contribution in [2.45, 2.75) is 18.6 Å². The van der Waals surface area contributed by atoms with Crippen LogP contribution in [0.1, 0.15) is 23.6 Å². The molecule has 86 valence electrons. The third-order valence-corrected chi connectivity index (χ3v) is 2.47. The summed E-state index contributed by atoms with van der Waals surface area (Å²) in [4.78, 5) is 0. The molecule has 0 aromatic heterocycles. The van der Waals surface area contributed by atoms with Gasteiger partial charge in [-0.25, -0.2) is 0 Å². The fraction of sp³-hybridized carbons (Fsp3) is 0.300. The smallest absolute Gasteiger partial charge is 0.323 e. The summed E-state index contributed by atoms with van der Waals surface area (Å²) >= 11 is 5.61. The maximum atomic E-state index is 12.5. The van der Waals surface area contributed by atoms with E-state index in [0.717, 1.165) is 6.07 Å². The molecule has 2 nitrogen and oxygen atoms in total. The lowest BCUT2D eigenvalue weighted by Gasteiger charge is -2.15. The molecule has 1 rings (SSSR count).